The van der Waals surface area contributed by atoms with Crippen LogP contribution in [0.5, 0.6) is 5.75 Å². The Hall–Kier alpha value is -3.21. The van der Waals surface area contributed by atoms with Gasteiger partial charge in [0.15, 0.2) is 0 Å². The quantitative estimate of drug-likeness (QED) is 0.357. The molecule has 2 fully saturated rings. The number of fused-ring (bicyclic) bond motifs is 5. The molecule has 5 rings (SSSR count). The van der Waals surface area contributed by atoms with E-state index >= 15 is 0 Å². The smallest absolute Gasteiger partial charge is 0.343 e. The summed E-state index contributed by atoms with van der Waals surface area (Å²) in [6, 6.07) is 13.8. The van der Waals surface area contributed by atoms with Gasteiger partial charge in [-0.3, -0.25) is 14.5 Å². The van der Waals surface area contributed by atoms with E-state index in [4.69, 9.17) is 4.74 Å². The zero-order valence-electron chi connectivity index (χ0n) is 15.4. The number of para-hydroxylation sites is 1. The summed E-state index contributed by atoms with van der Waals surface area (Å²) < 4.78 is 5.44. The standard InChI is InChI=1S/C23H19NO4/c1-13-4-2-3-5-18(13)28-23(27)14-8-10-17(11-9-14)24-21(25)19-15-6-7-16(12-15)20(19)22(24)26/h2-11,15-16,19-20H,12H2,1H3/t15-,16-,19-,20+/m0/s1. The average molecular weight is 373 g/mol. The predicted octanol–water partition coefficient (Wildman–Crippen LogP) is 3.53. The molecular weight excluding hydrogens is 354 g/mol. The number of nitrogens with zero attached hydrogens (tertiary/aromatic N) is 1. The molecule has 0 unspecified atom stereocenters. The Morgan fingerprint density at radius 1 is 0.929 bits per heavy atom. The Bertz CT molecular complexity index is 993. The van der Waals surface area contributed by atoms with Crippen LogP contribution in [0.25, 0.3) is 0 Å². The summed E-state index contributed by atoms with van der Waals surface area (Å²) in [6.45, 7) is 1.87. The lowest BCUT2D eigenvalue weighted by Gasteiger charge is -2.17. The molecule has 1 heterocycles. The highest BCUT2D eigenvalue weighted by molar-refractivity contribution is 6.22. The fourth-order valence-electron chi connectivity index (χ4n) is 4.73. The molecule has 5 nitrogen and oxygen atoms in total. The summed E-state index contributed by atoms with van der Waals surface area (Å²) >= 11 is 0. The average Bonchev–Trinajstić information content (AvgIpc) is 3.38. The fourth-order valence-corrected chi connectivity index (χ4v) is 4.73. The van der Waals surface area contributed by atoms with Gasteiger partial charge in [0.1, 0.15) is 5.75 Å². The van der Waals surface area contributed by atoms with Crippen LogP contribution >= 0.6 is 0 Å². The van der Waals surface area contributed by atoms with Gasteiger partial charge in [0, 0.05) is 0 Å². The number of ether oxygens (including phenoxy) is 1. The van der Waals surface area contributed by atoms with Crippen LogP contribution in [0.15, 0.2) is 60.7 Å². The topological polar surface area (TPSA) is 63.7 Å². The highest BCUT2D eigenvalue weighted by Gasteiger charge is 2.59. The van der Waals surface area contributed by atoms with Crippen molar-refractivity contribution in [3.8, 4) is 5.75 Å². The Labute approximate surface area is 162 Å². The number of rotatable bonds is 3. The van der Waals surface area contributed by atoms with Crippen LogP contribution < -0.4 is 9.64 Å². The molecule has 140 valence electrons. The van der Waals surface area contributed by atoms with Crippen molar-refractivity contribution in [3.63, 3.8) is 0 Å². The molecule has 0 radical (unpaired) electrons. The van der Waals surface area contributed by atoms with Crippen LogP contribution in [0.1, 0.15) is 22.3 Å². The molecule has 3 aliphatic rings. The van der Waals surface area contributed by atoms with E-state index in [1.807, 2.05) is 25.1 Å². The number of amides is 2. The van der Waals surface area contributed by atoms with E-state index in [1.165, 1.54) is 4.90 Å². The van der Waals surface area contributed by atoms with Crippen molar-refractivity contribution < 1.29 is 19.1 Å². The first-order valence-electron chi connectivity index (χ1n) is 9.48. The van der Waals surface area contributed by atoms with Crippen LogP contribution in [0, 0.1) is 30.6 Å². The molecule has 0 N–H and O–H groups in total. The zero-order valence-corrected chi connectivity index (χ0v) is 15.4. The maximum atomic E-state index is 12.9. The number of esters is 1. The Morgan fingerprint density at radius 2 is 1.54 bits per heavy atom. The van der Waals surface area contributed by atoms with Crippen molar-refractivity contribution in [2.24, 2.45) is 23.7 Å². The summed E-state index contributed by atoms with van der Waals surface area (Å²) in [4.78, 5) is 39.4. The second-order valence-electron chi connectivity index (χ2n) is 7.71. The first-order chi connectivity index (χ1) is 13.5. The van der Waals surface area contributed by atoms with Gasteiger partial charge in [-0.2, -0.15) is 0 Å². The van der Waals surface area contributed by atoms with Gasteiger partial charge in [-0.1, -0.05) is 30.4 Å². The van der Waals surface area contributed by atoms with E-state index in [1.54, 1.807) is 30.3 Å². The molecule has 28 heavy (non-hydrogen) atoms. The van der Waals surface area contributed by atoms with Gasteiger partial charge >= 0.3 is 5.97 Å². The molecule has 1 saturated heterocycles. The van der Waals surface area contributed by atoms with Crippen molar-refractivity contribution in [2.45, 2.75) is 13.3 Å². The SMILES string of the molecule is Cc1ccccc1OC(=O)c1ccc(N2C(=O)[C@@H]3[C@H](C2=O)[C@H]2C=C[C@H]3C2)cc1. The van der Waals surface area contributed by atoms with Crippen LogP contribution in [0.2, 0.25) is 0 Å². The number of allylic oxidation sites excluding steroid dienone is 2. The van der Waals surface area contributed by atoms with Crippen LogP contribution in [-0.4, -0.2) is 17.8 Å². The number of aryl methyl sites for hydroxylation is 1. The lowest BCUT2D eigenvalue weighted by Crippen LogP contribution is -2.32. The minimum atomic E-state index is -0.473. The number of anilines is 1. The van der Waals surface area contributed by atoms with Crippen LogP contribution in [-0.2, 0) is 9.59 Å². The molecule has 2 amide bonds. The highest BCUT2D eigenvalue weighted by Crippen LogP contribution is 2.53. The molecule has 4 atom stereocenters. The number of carbonyl (C=O) groups is 3. The summed E-state index contributed by atoms with van der Waals surface area (Å²) in [7, 11) is 0. The predicted molar refractivity (Wildman–Crippen MR) is 103 cm³/mol. The van der Waals surface area contributed by atoms with Crippen molar-refractivity contribution in [1.29, 1.82) is 0 Å². The molecule has 2 aromatic carbocycles. The molecule has 2 bridgehead atoms. The van der Waals surface area contributed by atoms with Gasteiger partial charge in [-0.15, -0.1) is 0 Å². The third kappa shape index (κ3) is 2.43. The van der Waals surface area contributed by atoms with E-state index in [2.05, 4.69) is 12.2 Å². The molecule has 1 aliphatic heterocycles. The van der Waals surface area contributed by atoms with Crippen molar-refractivity contribution in [2.75, 3.05) is 4.90 Å². The van der Waals surface area contributed by atoms with Gasteiger partial charge in [0.05, 0.1) is 23.1 Å². The number of carbonyl (C=O) groups excluding carboxylic acids is 3. The lowest BCUT2D eigenvalue weighted by molar-refractivity contribution is -0.123. The van der Waals surface area contributed by atoms with E-state index in [0.717, 1.165) is 12.0 Å². The third-order valence-electron chi connectivity index (χ3n) is 6.13. The van der Waals surface area contributed by atoms with Gasteiger partial charge in [0.25, 0.3) is 0 Å². The van der Waals surface area contributed by atoms with Crippen molar-refractivity contribution >= 4 is 23.5 Å². The Morgan fingerprint density at radius 3 is 2.14 bits per heavy atom. The molecule has 2 aliphatic carbocycles. The summed E-state index contributed by atoms with van der Waals surface area (Å²) in [6.07, 6.45) is 5.06. The van der Waals surface area contributed by atoms with Crippen LogP contribution in [0.4, 0.5) is 5.69 Å². The molecule has 2 aromatic rings. The number of benzene rings is 2. The van der Waals surface area contributed by atoms with Gasteiger partial charge in [0.2, 0.25) is 11.8 Å². The van der Waals surface area contributed by atoms with Crippen LogP contribution in [0.3, 0.4) is 0 Å². The first-order valence-corrected chi connectivity index (χ1v) is 9.48. The minimum absolute atomic E-state index is 0.123. The Balaban J connectivity index is 1.36. The second kappa shape index (κ2) is 6.16. The molecule has 0 spiro atoms. The van der Waals surface area contributed by atoms with Gasteiger partial charge in [-0.25, -0.2) is 4.79 Å². The van der Waals surface area contributed by atoms with Crippen molar-refractivity contribution in [1.82, 2.24) is 0 Å². The second-order valence-corrected chi connectivity index (χ2v) is 7.71. The minimum Gasteiger partial charge on any atom is -0.423 e. The molecule has 5 heteroatoms. The largest absolute Gasteiger partial charge is 0.423 e. The summed E-state index contributed by atoms with van der Waals surface area (Å²) in [5.41, 5.74) is 1.75. The van der Waals surface area contributed by atoms with E-state index in [-0.39, 0.29) is 35.5 Å². The van der Waals surface area contributed by atoms with Gasteiger partial charge < -0.3 is 4.74 Å². The van der Waals surface area contributed by atoms with E-state index in [9.17, 15) is 14.4 Å². The number of hydrogen-bond donors (Lipinski definition) is 0. The third-order valence-corrected chi connectivity index (χ3v) is 6.13. The summed E-state index contributed by atoms with van der Waals surface area (Å²) in [5, 5.41) is 0. The van der Waals surface area contributed by atoms with Crippen molar-refractivity contribution in [3.05, 3.63) is 71.8 Å². The Kier molecular flexibility index (Phi) is 3.72. The number of imide groups is 1. The molecular formula is C23H19NO4. The van der Waals surface area contributed by atoms with E-state index < -0.39 is 5.97 Å². The number of hydrogen-bond acceptors (Lipinski definition) is 4. The lowest BCUT2D eigenvalue weighted by atomic mass is 9.85. The fraction of sp³-hybridized carbons (Fsp3) is 0.261. The van der Waals surface area contributed by atoms with Gasteiger partial charge in [-0.05, 0) is 61.1 Å². The highest BCUT2D eigenvalue weighted by atomic mass is 16.5. The maximum absolute atomic E-state index is 12.9. The van der Waals surface area contributed by atoms with E-state index in [0.29, 0.717) is 17.0 Å². The first kappa shape index (κ1) is 16.9. The maximum Gasteiger partial charge on any atom is 0.343 e. The normalized spacial score (nSPS) is 27.4. The zero-order chi connectivity index (χ0) is 19.4. The monoisotopic (exact) mass is 373 g/mol. The molecule has 1 saturated carbocycles. The molecule has 0 aromatic heterocycles. The summed E-state index contributed by atoms with van der Waals surface area (Å²) in [5.74, 6) is -0.304.